The Morgan fingerprint density at radius 1 is 1.50 bits per heavy atom. The molecule has 4 nitrogen and oxygen atoms in total. The zero-order valence-corrected chi connectivity index (χ0v) is 8.13. The van der Waals surface area contributed by atoms with Gasteiger partial charge in [-0.05, 0) is 27.7 Å². The average Bonchev–Trinajstić information content (AvgIpc) is 1.82. The van der Waals surface area contributed by atoms with Crippen LogP contribution in [0.15, 0.2) is 0 Å². The maximum Gasteiger partial charge on any atom is 0.368 e. The summed E-state index contributed by atoms with van der Waals surface area (Å²) in [6, 6.07) is -0.704. The fourth-order valence-electron chi connectivity index (χ4n) is 0.574. The van der Waals surface area contributed by atoms with Crippen LogP contribution in [0.1, 0.15) is 27.7 Å². The molecule has 0 spiro atoms. The molecule has 0 heterocycles. The van der Waals surface area contributed by atoms with Crippen molar-refractivity contribution in [1.29, 1.82) is 0 Å². The van der Waals surface area contributed by atoms with Gasteiger partial charge in [-0.15, -0.1) is 0 Å². The smallest absolute Gasteiger partial charge is 0.368 e. The summed E-state index contributed by atoms with van der Waals surface area (Å²) in [6.07, 6.45) is -0.764. The quantitative estimate of drug-likeness (QED) is 0.547. The van der Waals surface area contributed by atoms with E-state index in [0.29, 0.717) is 0 Å². The molecule has 12 heavy (non-hydrogen) atoms. The third kappa shape index (κ3) is 4.31. The number of hydrogen-bond donors (Lipinski definition) is 2. The minimum absolute atomic E-state index is 0.461. The largest absolute Gasteiger partial charge is 0.456 e. The van der Waals surface area contributed by atoms with Crippen molar-refractivity contribution in [1.82, 2.24) is 0 Å². The highest BCUT2D eigenvalue weighted by Gasteiger charge is 2.28. The molecule has 0 saturated carbocycles. The number of aliphatic hydroxyl groups excluding tert-OH is 1. The zero-order valence-electron chi connectivity index (χ0n) is 8.13. The first-order chi connectivity index (χ1) is 5.24. The summed E-state index contributed by atoms with van der Waals surface area (Å²) in [6.45, 7) is 6.85. The van der Waals surface area contributed by atoms with Gasteiger partial charge in [0.2, 0.25) is 6.04 Å². The summed E-state index contributed by atoms with van der Waals surface area (Å²) < 4.78 is 5.00. The Labute approximate surface area is 72.7 Å². The lowest BCUT2D eigenvalue weighted by atomic mass is 10.1. The predicted octanol–water partition coefficient (Wildman–Crippen LogP) is -0.681. The lowest BCUT2D eigenvalue weighted by molar-refractivity contribution is -0.425. The number of ether oxygens (including phenoxy) is 1. The molecule has 0 aliphatic heterocycles. The van der Waals surface area contributed by atoms with Gasteiger partial charge in [-0.1, -0.05) is 0 Å². The average molecular weight is 176 g/mol. The van der Waals surface area contributed by atoms with Gasteiger partial charge in [0.1, 0.15) is 11.7 Å². The Morgan fingerprint density at radius 3 is 2.17 bits per heavy atom. The molecule has 0 aliphatic carbocycles. The van der Waals surface area contributed by atoms with Gasteiger partial charge in [-0.25, -0.2) is 4.79 Å². The number of hydrogen-bond acceptors (Lipinski definition) is 3. The molecule has 0 aromatic carbocycles. The molecule has 0 aromatic heterocycles. The van der Waals surface area contributed by atoms with Crippen molar-refractivity contribution in [3.63, 3.8) is 0 Å². The van der Waals surface area contributed by atoms with E-state index in [1.807, 2.05) is 0 Å². The van der Waals surface area contributed by atoms with Crippen LogP contribution in [0.2, 0.25) is 0 Å². The Morgan fingerprint density at radius 2 is 1.92 bits per heavy atom. The van der Waals surface area contributed by atoms with Gasteiger partial charge in [0.05, 0.1) is 0 Å². The van der Waals surface area contributed by atoms with E-state index in [-0.39, 0.29) is 0 Å². The number of esters is 1. The fraction of sp³-hybridized carbons (Fsp3) is 0.875. The predicted molar refractivity (Wildman–Crippen MR) is 44.2 cm³/mol. The second-order valence-electron chi connectivity index (χ2n) is 3.88. The number of carbonyl (C=O) groups is 1. The topological polar surface area (TPSA) is 74.2 Å². The summed E-state index contributed by atoms with van der Waals surface area (Å²) in [5.41, 5.74) is 2.99. The molecule has 72 valence electrons. The highest BCUT2D eigenvalue weighted by Crippen LogP contribution is 2.08. The number of aliphatic hydroxyl groups is 1. The number of carbonyl (C=O) groups excluding carboxylic acids is 1. The van der Waals surface area contributed by atoms with Crippen LogP contribution in [0.3, 0.4) is 0 Å². The van der Waals surface area contributed by atoms with Crippen molar-refractivity contribution < 1.29 is 20.4 Å². The van der Waals surface area contributed by atoms with Gasteiger partial charge in [0, 0.05) is 0 Å². The molecule has 0 aromatic rings. The van der Waals surface area contributed by atoms with Crippen molar-refractivity contribution in [2.75, 3.05) is 0 Å². The van der Waals surface area contributed by atoms with Crippen LogP contribution in [0.4, 0.5) is 0 Å². The molecule has 4 N–H and O–H groups in total. The Kier molecular flexibility index (Phi) is 3.67. The van der Waals surface area contributed by atoms with Gasteiger partial charge in [0.25, 0.3) is 0 Å². The van der Waals surface area contributed by atoms with Gasteiger partial charge >= 0.3 is 5.97 Å². The lowest BCUT2D eigenvalue weighted by Gasteiger charge is -2.21. The molecule has 0 fully saturated rings. The van der Waals surface area contributed by atoms with E-state index < -0.39 is 23.7 Å². The van der Waals surface area contributed by atoms with Crippen LogP contribution in [-0.4, -0.2) is 28.8 Å². The van der Waals surface area contributed by atoms with Crippen LogP contribution in [0.5, 0.6) is 0 Å². The first-order valence-corrected chi connectivity index (χ1v) is 3.98. The lowest BCUT2D eigenvalue weighted by Crippen LogP contribution is -2.70. The maximum atomic E-state index is 11.2. The minimum Gasteiger partial charge on any atom is -0.456 e. The summed E-state index contributed by atoms with van der Waals surface area (Å²) in [4.78, 5) is 11.2. The van der Waals surface area contributed by atoms with Crippen molar-refractivity contribution >= 4 is 5.97 Å². The fourth-order valence-corrected chi connectivity index (χ4v) is 0.574. The van der Waals surface area contributed by atoms with Crippen molar-refractivity contribution in [2.45, 2.75) is 45.4 Å². The third-order valence-corrected chi connectivity index (χ3v) is 1.29. The van der Waals surface area contributed by atoms with E-state index >= 15 is 0 Å². The second-order valence-corrected chi connectivity index (χ2v) is 3.88. The monoisotopic (exact) mass is 176 g/mol. The molecule has 2 atom stereocenters. The van der Waals surface area contributed by atoms with Gasteiger partial charge in [-0.2, -0.15) is 0 Å². The molecule has 2 unspecified atom stereocenters. The molecular weight excluding hydrogens is 158 g/mol. The SMILES string of the molecule is CC(O)C([NH3+])C(=O)OC(C)(C)C. The highest BCUT2D eigenvalue weighted by molar-refractivity contribution is 5.75. The van der Waals surface area contributed by atoms with Crippen molar-refractivity contribution in [2.24, 2.45) is 0 Å². The number of quaternary nitrogens is 1. The third-order valence-electron chi connectivity index (χ3n) is 1.29. The van der Waals surface area contributed by atoms with Gasteiger partial charge in [-0.3, -0.25) is 0 Å². The first kappa shape index (κ1) is 11.4. The molecule has 0 saturated heterocycles. The Balaban J connectivity index is 4.05. The van der Waals surface area contributed by atoms with Crippen LogP contribution in [-0.2, 0) is 9.53 Å². The molecule has 0 rings (SSSR count). The molecule has 0 bridgehead atoms. The maximum absolute atomic E-state index is 11.2. The Hall–Kier alpha value is -0.610. The van der Waals surface area contributed by atoms with E-state index in [4.69, 9.17) is 9.84 Å². The van der Waals surface area contributed by atoms with Crippen LogP contribution < -0.4 is 5.73 Å². The molecular formula is C8H18NO3+. The Bertz CT molecular complexity index is 160. The van der Waals surface area contributed by atoms with E-state index in [2.05, 4.69) is 5.73 Å². The van der Waals surface area contributed by atoms with E-state index in [1.54, 1.807) is 20.8 Å². The van der Waals surface area contributed by atoms with Gasteiger partial charge < -0.3 is 15.6 Å². The van der Waals surface area contributed by atoms with Crippen LogP contribution >= 0.6 is 0 Å². The molecule has 0 aliphatic rings. The first-order valence-electron chi connectivity index (χ1n) is 3.98. The van der Waals surface area contributed by atoms with Gasteiger partial charge in [0.15, 0.2) is 0 Å². The van der Waals surface area contributed by atoms with E-state index in [9.17, 15) is 4.79 Å². The number of rotatable bonds is 2. The molecule has 0 amide bonds. The van der Waals surface area contributed by atoms with Crippen LogP contribution in [0, 0.1) is 0 Å². The molecule has 4 heteroatoms. The summed E-state index contributed by atoms with van der Waals surface area (Å²) in [5.74, 6) is -0.461. The second kappa shape index (κ2) is 3.87. The minimum atomic E-state index is -0.764. The zero-order chi connectivity index (χ0) is 9.94. The highest BCUT2D eigenvalue weighted by atomic mass is 16.6. The summed E-state index contributed by atoms with van der Waals surface area (Å²) in [5, 5.41) is 9.02. The van der Waals surface area contributed by atoms with Crippen LogP contribution in [0.25, 0.3) is 0 Å². The summed E-state index contributed by atoms with van der Waals surface area (Å²) in [7, 11) is 0. The standard InChI is InChI=1S/C8H17NO3/c1-5(10)6(9)7(11)12-8(2,3)4/h5-6,10H,9H2,1-4H3/p+1. The summed E-state index contributed by atoms with van der Waals surface area (Å²) >= 11 is 0. The van der Waals surface area contributed by atoms with Crippen molar-refractivity contribution in [3.05, 3.63) is 0 Å². The van der Waals surface area contributed by atoms with E-state index in [1.165, 1.54) is 6.92 Å². The van der Waals surface area contributed by atoms with E-state index in [0.717, 1.165) is 0 Å². The van der Waals surface area contributed by atoms with Crippen molar-refractivity contribution in [3.8, 4) is 0 Å². The molecule has 0 radical (unpaired) electrons. The normalized spacial score (nSPS) is 16.8.